The summed E-state index contributed by atoms with van der Waals surface area (Å²) in [4.78, 5) is 12.8. The Bertz CT molecular complexity index is 590. The maximum atomic E-state index is 11.9. The molecule has 1 aromatic heterocycles. The van der Waals surface area contributed by atoms with Crippen LogP contribution in [0.1, 0.15) is 32.6 Å². The maximum Gasteiger partial charge on any atom is 0.225 e. The fourth-order valence-corrected chi connectivity index (χ4v) is 2.96. The number of amides is 1. The Balaban J connectivity index is 2.15. The van der Waals surface area contributed by atoms with E-state index < -0.39 is 11.0 Å². The smallest absolute Gasteiger partial charge is 0.225 e. The summed E-state index contributed by atoms with van der Waals surface area (Å²) in [6.45, 7) is 7.53. The zero-order chi connectivity index (χ0) is 15.0. The Morgan fingerprint density at radius 1 is 1.25 bits per heavy atom. The van der Waals surface area contributed by atoms with Crippen molar-refractivity contribution >= 4 is 27.3 Å². The summed E-state index contributed by atoms with van der Waals surface area (Å²) >= 11 is 1.56. The van der Waals surface area contributed by atoms with Crippen molar-refractivity contribution in [3.63, 3.8) is 0 Å². The number of rotatable bonds is 3. The molecule has 0 aliphatic heterocycles. The van der Waals surface area contributed by atoms with Crippen molar-refractivity contribution in [2.75, 3.05) is 6.54 Å². The van der Waals surface area contributed by atoms with Crippen molar-refractivity contribution in [3.05, 3.63) is 35.2 Å². The van der Waals surface area contributed by atoms with Crippen LogP contribution in [0, 0.1) is 5.41 Å². The Morgan fingerprint density at radius 2 is 1.90 bits per heavy atom. The van der Waals surface area contributed by atoms with Gasteiger partial charge >= 0.3 is 0 Å². The zero-order valence-corrected chi connectivity index (χ0v) is 13.2. The highest BCUT2D eigenvalue weighted by Crippen LogP contribution is 2.32. The van der Waals surface area contributed by atoms with Gasteiger partial charge in [0.05, 0.1) is 6.54 Å². The molecule has 1 heterocycles. The van der Waals surface area contributed by atoms with E-state index >= 15 is 0 Å². The third-order valence-corrected chi connectivity index (χ3v) is 4.60. The first-order valence-electron chi connectivity index (χ1n) is 6.70. The molecule has 0 radical (unpaired) electrons. The van der Waals surface area contributed by atoms with Crippen LogP contribution < -0.4 is 5.32 Å². The van der Waals surface area contributed by atoms with Gasteiger partial charge in [-0.1, -0.05) is 39.0 Å². The lowest BCUT2D eigenvalue weighted by Gasteiger charge is -2.25. The van der Waals surface area contributed by atoms with Crippen LogP contribution in [0.25, 0.3) is 10.1 Å². The molecule has 0 spiro atoms. The van der Waals surface area contributed by atoms with Gasteiger partial charge in [0.15, 0.2) is 0 Å². The summed E-state index contributed by atoms with van der Waals surface area (Å²) in [5, 5.41) is 14.5. The van der Waals surface area contributed by atoms with E-state index in [1.54, 1.807) is 18.3 Å². The summed E-state index contributed by atoms with van der Waals surface area (Å²) < 4.78 is 1.14. The summed E-state index contributed by atoms with van der Waals surface area (Å²) in [5.74, 6) is -0.0566. The number of aliphatic hydroxyl groups is 1. The molecule has 2 rings (SSSR count). The predicted molar refractivity (Wildman–Crippen MR) is 83.9 cm³/mol. The van der Waals surface area contributed by atoms with Gasteiger partial charge < -0.3 is 10.4 Å². The van der Waals surface area contributed by atoms with Crippen molar-refractivity contribution in [1.29, 1.82) is 0 Å². The Morgan fingerprint density at radius 3 is 2.50 bits per heavy atom. The molecule has 4 heteroatoms. The van der Waals surface area contributed by atoms with E-state index in [9.17, 15) is 9.90 Å². The summed E-state index contributed by atoms with van der Waals surface area (Å²) in [7, 11) is 0. The van der Waals surface area contributed by atoms with Crippen molar-refractivity contribution in [2.45, 2.75) is 33.3 Å². The minimum atomic E-state index is -1.05. The van der Waals surface area contributed by atoms with Crippen LogP contribution in [-0.4, -0.2) is 17.6 Å². The third kappa shape index (κ3) is 3.19. The van der Waals surface area contributed by atoms with E-state index in [2.05, 4.69) is 5.32 Å². The molecule has 0 unspecified atom stereocenters. The fraction of sp³-hybridized carbons (Fsp3) is 0.438. The number of carbonyl (C=O) groups excluding carboxylic acids is 1. The van der Waals surface area contributed by atoms with Crippen LogP contribution in [0.15, 0.2) is 30.3 Å². The first kappa shape index (κ1) is 15.0. The van der Waals surface area contributed by atoms with Crippen LogP contribution in [0.3, 0.4) is 0 Å². The summed E-state index contributed by atoms with van der Waals surface area (Å²) in [6, 6.07) is 10.0. The number of nitrogens with one attached hydrogen (secondary N) is 1. The minimum Gasteiger partial charge on any atom is -0.383 e. The molecule has 2 N–H and O–H groups in total. The number of carbonyl (C=O) groups is 1. The van der Waals surface area contributed by atoms with E-state index in [1.807, 2.05) is 51.1 Å². The zero-order valence-electron chi connectivity index (χ0n) is 12.4. The van der Waals surface area contributed by atoms with Crippen molar-refractivity contribution in [3.8, 4) is 0 Å². The third-order valence-electron chi connectivity index (χ3n) is 3.23. The van der Waals surface area contributed by atoms with Crippen LogP contribution in [-0.2, 0) is 10.4 Å². The van der Waals surface area contributed by atoms with Gasteiger partial charge in [-0.3, -0.25) is 4.79 Å². The molecule has 108 valence electrons. The molecule has 1 amide bonds. The second-order valence-electron chi connectivity index (χ2n) is 6.36. The highest BCUT2D eigenvalue weighted by molar-refractivity contribution is 7.19. The van der Waals surface area contributed by atoms with Gasteiger partial charge in [-0.2, -0.15) is 0 Å². The van der Waals surface area contributed by atoms with E-state index in [-0.39, 0.29) is 12.5 Å². The first-order chi connectivity index (χ1) is 9.20. The number of benzene rings is 1. The van der Waals surface area contributed by atoms with Crippen LogP contribution in [0.5, 0.6) is 0 Å². The molecule has 20 heavy (non-hydrogen) atoms. The Kier molecular flexibility index (Phi) is 3.89. The fourth-order valence-electron chi connectivity index (χ4n) is 1.85. The summed E-state index contributed by atoms with van der Waals surface area (Å²) in [5.41, 5.74) is -1.50. The molecule has 3 nitrogen and oxygen atoms in total. The number of fused-ring (bicyclic) bond motifs is 1. The average Bonchev–Trinajstić information content (AvgIpc) is 2.79. The first-order valence-corrected chi connectivity index (χ1v) is 7.51. The molecule has 1 atom stereocenters. The predicted octanol–water partition coefficient (Wildman–Crippen LogP) is 3.27. The van der Waals surface area contributed by atoms with Gasteiger partial charge in [-0.05, 0) is 24.4 Å². The second kappa shape index (κ2) is 5.19. The molecule has 0 fully saturated rings. The highest BCUT2D eigenvalue weighted by Gasteiger charge is 2.28. The van der Waals surface area contributed by atoms with Crippen molar-refractivity contribution in [1.82, 2.24) is 5.32 Å². The number of hydrogen-bond acceptors (Lipinski definition) is 3. The Labute approximate surface area is 123 Å². The van der Waals surface area contributed by atoms with E-state index in [0.717, 1.165) is 15.0 Å². The highest BCUT2D eigenvalue weighted by atomic mass is 32.1. The van der Waals surface area contributed by atoms with Crippen molar-refractivity contribution < 1.29 is 9.90 Å². The lowest BCUT2D eigenvalue weighted by Crippen LogP contribution is -2.42. The van der Waals surface area contributed by atoms with E-state index in [0.29, 0.717) is 0 Å². The largest absolute Gasteiger partial charge is 0.383 e. The lowest BCUT2D eigenvalue weighted by atomic mass is 9.95. The van der Waals surface area contributed by atoms with Gasteiger partial charge in [0.2, 0.25) is 5.91 Å². The molecule has 0 aliphatic rings. The van der Waals surface area contributed by atoms with Gasteiger partial charge in [0.1, 0.15) is 5.60 Å². The van der Waals surface area contributed by atoms with Crippen LogP contribution in [0.2, 0.25) is 0 Å². The number of hydrogen-bond donors (Lipinski definition) is 2. The topological polar surface area (TPSA) is 49.3 Å². The number of thiophene rings is 1. The van der Waals surface area contributed by atoms with Crippen molar-refractivity contribution in [2.24, 2.45) is 5.41 Å². The summed E-state index contributed by atoms with van der Waals surface area (Å²) in [6.07, 6.45) is 0. The van der Waals surface area contributed by atoms with Gasteiger partial charge in [0.25, 0.3) is 0 Å². The SMILES string of the molecule is CC(C)(C)C(=O)NC[C@@](C)(O)c1cc2ccccc2s1. The van der Waals surface area contributed by atoms with E-state index in [1.165, 1.54) is 0 Å². The standard InChI is InChI=1S/C16H21NO2S/c1-15(2,3)14(18)17-10-16(4,19)13-9-11-7-5-6-8-12(11)20-13/h5-9,19H,10H2,1-4H3,(H,17,18)/t16-/m1/s1. The molecule has 0 bridgehead atoms. The second-order valence-corrected chi connectivity index (χ2v) is 7.44. The van der Waals surface area contributed by atoms with Crippen LogP contribution in [0.4, 0.5) is 0 Å². The lowest BCUT2D eigenvalue weighted by molar-refractivity contribution is -0.129. The molecule has 2 aromatic rings. The van der Waals surface area contributed by atoms with Gasteiger partial charge in [-0.15, -0.1) is 11.3 Å². The molecule has 0 saturated carbocycles. The monoisotopic (exact) mass is 291 g/mol. The molecule has 0 saturated heterocycles. The molecule has 1 aromatic carbocycles. The quantitative estimate of drug-likeness (QED) is 0.912. The molecular weight excluding hydrogens is 270 g/mol. The minimum absolute atomic E-state index is 0.0566. The molecular formula is C16H21NO2S. The normalized spacial score (nSPS) is 15.1. The molecule has 0 aliphatic carbocycles. The van der Waals surface area contributed by atoms with Gasteiger partial charge in [0, 0.05) is 15.0 Å². The van der Waals surface area contributed by atoms with E-state index in [4.69, 9.17) is 0 Å². The maximum absolute atomic E-state index is 11.9. The average molecular weight is 291 g/mol. The van der Waals surface area contributed by atoms with Crippen LogP contribution >= 0.6 is 11.3 Å². The Hall–Kier alpha value is -1.39. The van der Waals surface area contributed by atoms with Gasteiger partial charge in [-0.25, -0.2) is 0 Å².